The van der Waals surface area contributed by atoms with Gasteiger partial charge >= 0.3 is 12.0 Å². The van der Waals surface area contributed by atoms with Crippen molar-refractivity contribution in [3.63, 3.8) is 0 Å². The quantitative estimate of drug-likeness (QED) is 0.717. The molecule has 2 rings (SSSR count). The number of carbonyl (C=O) groups excluding carboxylic acids is 2. The van der Waals surface area contributed by atoms with Crippen LogP contribution >= 0.6 is 0 Å². The molecule has 0 saturated carbocycles. The Balaban J connectivity index is 2.12. The zero-order valence-corrected chi connectivity index (χ0v) is 9.31. The molecule has 5 heteroatoms. The predicted octanol–water partition coefficient (Wildman–Crippen LogP) is 1.23. The highest BCUT2D eigenvalue weighted by Gasteiger charge is 2.27. The number of carbonyl (C=O) groups is 2. The number of benzene rings is 1. The number of rotatable bonds is 1. The van der Waals surface area contributed by atoms with Gasteiger partial charge in [-0.3, -0.25) is 0 Å². The molecule has 1 atom stereocenters. The Kier molecular flexibility index (Phi) is 3.27. The predicted molar refractivity (Wildman–Crippen MR) is 60.9 cm³/mol. The smallest absolute Gasteiger partial charge is 0.345 e. The number of hydrogen-bond donors (Lipinski definition) is 2. The number of aryl methyl sites for hydroxylation is 1. The number of primary amides is 1. The number of urea groups is 1. The first kappa shape index (κ1) is 11.4. The molecule has 0 radical (unpaired) electrons. The first-order valence-corrected chi connectivity index (χ1v) is 5.52. The van der Waals surface area contributed by atoms with E-state index in [1.54, 1.807) is 0 Å². The lowest BCUT2D eigenvalue weighted by Crippen LogP contribution is -2.34. The van der Waals surface area contributed by atoms with Crippen LogP contribution in [0.25, 0.3) is 0 Å². The van der Waals surface area contributed by atoms with Crippen LogP contribution < -0.4 is 11.2 Å². The molecule has 0 aromatic heterocycles. The van der Waals surface area contributed by atoms with E-state index < -0.39 is 12.0 Å². The Morgan fingerprint density at radius 1 is 1.35 bits per heavy atom. The summed E-state index contributed by atoms with van der Waals surface area (Å²) in [5, 5.41) is 0. The van der Waals surface area contributed by atoms with Gasteiger partial charge < -0.3 is 10.6 Å². The second kappa shape index (κ2) is 4.86. The van der Waals surface area contributed by atoms with E-state index >= 15 is 0 Å². The van der Waals surface area contributed by atoms with E-state index in [4.69, 9.17) is 5.73 Å². The molecule has 1 aromatic rings. The molecular formula is C12H14N2O3. The average Bonchev–Trinajstić information content (AvgIpc) is 2.35. The zero-order chi connectivity index (χ0) is 12.3. The topological polar surface area (TPSA) is 81.4 Å². The summed E-state index contributed by atoms with van der Waals surface area (Å²) < 4.78 is 0. The van der Waals surface area contributed by atoms with Gasteiger partial charge in [0, 0.05) is 0 Å². The maximum Gasteiger partial charge on any atom is 0.345 e. The molecule has 0 bridgehead atoms. The van der Waals surface area contributed by atoms with Gasteiger partial charge in [0.25, 0.3) is 0 Å². The molecule has 1 aromatic carbocycles. The summed E-state index contributed by atoms with van der Waals surface area (Å²) in [6.07, 6.45) is 2.65. The highest BCUT2D eigenvalue weighted by molar-refractivity contribution is 5.81. The van der Waals surface area contributed by atoms with E-state index in [1.807, 2.05) is 29.7 Å². The first-order chi connectivity index (χ1) is 8.18. The molecule has 0 aliphatic heterocycles. The van der Waals surface area contributed by atoms with E-state index in [9.17, 15) is 9.59 Å². The molecular weight excluding hydrogens is 220 g/mol. The summed E-state index contributed by atoms with van der Waals surface area (Å²) in [6.45, 7) is 0. The standard InChI is InChI=1S/C12H14N2O3/c13-12(16)14-17-11(15)10-7-3-5-8-4-1-2-6-9(8)10/h1-2,4,6,10H,3,5,7H2,(H3,13,14,16). The highest BCUT2D eigenvalue weighted by Crippen LogP contribution is 2.31. The third kappa shape index (κ3) is 2.55. The van der Waals surface area contributed by atoms with Crippen LogP contribution in [0.3, 0.4) is 0 Å². The molecule has 1 aliphatic carbocycles. The van der Waals surface area contributed by atoms with Gasteiger partial charge in [0.2, 0.25) is 0 Å². The lowest BCUT2D eigenvalue weighted by atomic mass is 9.83. The van der Waals surface area contributed by atoms with E-state index in [0.717, 1.165) is 24.8 Å². The zero-order valence-electron chi connectivity index (χ0n) is 9.31. The van der Waals surface area contributed by atoms with E-state index in [2.05, 4.69) is 4.84 Å². The third-order valence-electron chi connectivity index (χ3n) is 2.91. The molecule has 3 N–H and O–H groups in total. The monoisotopic (exact) mass is 234 g/mol. The fraction of sp³-hybridized carbons (Fsp3) is 0.333. The SMILES string of the molecule is NC(=O)NOC(=O)C1CCCc2ccccc21. The van der Waals surface area contributed by atoms with Gasteiger partial charge in [0.05, 0.1) is 5.92 Å². The van der Waals surface area contributed by atoms with Crippen molar-refractivity contribution >= 4 is 12.0 Å². The highest BCUT2D eigenvalue weighted by atomic mass is 16.7. The number of fused-ring (bicyclic) bond motifs is 1. The fourth-order valence-electron chi connectivity index (χ4n) is 2.17. The second-order valence-electron chi connectivity index (χ2n) is 4.03. The molecule has 0 heterocycles. The minimum absolute atomic E-state index is 0.313. The van der Waals surface area contributed by atoms with E-state index in [1.165, 1.54) is 5.56 Å². The molecule has 90 valence electrons. The molecule has 17 heavy (non-hydrogen) atoms. The molecule has 1 aliphatic rings. The van der Waals surface area contributed by atoms with Gasteiger partial charge in [-0.15, -0.1) is 0 Å². The van der Waals surface area contributed by atoms with Crippen LogP contribution in [-0.2, 0) is 16.1 Å². The van der Waals surface area contributed by atoms with Crippen molar-refractivity contribution in [2.45, 2.75) is 25.2 Å². The lowest BCUT2D eigenvalue weighted by molar-refractivity contribution is -0.150. The van der Waals surface area contributed by atoms with Crippen LogP contribution in [0.4, 0.5) is 4.79 Å². The van der Waals surface area contributed by atoms with Gasteiger partial charge in [-0.2, -0.15) is 5.48 Å². The second-order valence-corrected chi connectivity index (χ2v) is 4.03. The number of nitrogens with two attached hydrogens (primary N) is 1. The van der Waals surface area contributed by atoms with Crippen molar-refractivity contribution in [3.05, 3.63) is 35.4 Å². The molecule has 5 nitrogen and oxygen atoms in total. The van der Waals surface area contributed by atoms with Crippen molar-refractivity contribution in [1.82, 2.24) is 5.48 Å². The number of hydrogen-bond acceptors (Lipinski definition) is 3. The van der Waals surface area contributed by atoms with Crippen molar-refractivity contribution in [3.8, 4) is 0 Å². The van der Waals surface area contributed by atoms with Gasteiger partial charge in [-0.25, -0.2) is 9.59 Å². The molecule has 0 saturated heterocycles. The van der Waals surface area contributed by atoms with Crippen LogP contribution in [-0.4, -0.2) is 12.0 Å². The summed E-state index contributed by atoms with van der Waals surface area (Å²) in [6, 6.07) is 6.91. The molecule has 1 unspecified atom stereocenters. The van der Waals surface area contributed by atoms with Gasteiger partial charge in [0.15, 0.2) is 0 Å². The van der Waals surface area contributed by atoms with Gasteiger partial charge in [-0.1, -0.05) is 24.3 Å². The molecule has 2 amide bonds. The summed E-state index contributed by atoms with van der Waals surface area (Å²) in [5.74, 6) is -0.775. The summed E-state index contributed by atoms with van der Waals surface area (Å²) >= 11 is 0. The Bertz CT molecular complexity index is 445. The maximum atomic E-state index is 11.8. The third-order valence-corrected chi connectivity index (χ3v) is 2.91. The Morgan fingerprint density at radius 2 is 2.12 bits per heavy atom. The van der Waals surface area contributed by atoms with Crippen LogP contribution in [0.5, 0.6) is 0 Å². The first-order valence-electron chi connectivity index (χ1n) is 5.52. The normalized spacial score (nSPS) is 18.0. The fourth-order valence-corrected chi connectivity index (χ4v) is 2.17. The van der Waals surface area contributed by atoms with Crippen LogP contribution in [0.1, 0.15) is 29.9 Å². The average molecular weight is 234 g/mol. The summed E-state index contributed by atoms with van der Waals surface area (Å²) in [5.41, 5.74) is 8.85. The Hall–Kier alpha value is -2.04. The van der Waals surface area contributed by atoms with Crippen molar-refractivity contribution < 1.29 is 14.4 Å². The molecule has 0 spiro atoms. The van der Waals surface area contributed by atoms with Gasteiger partial charge in [-0.05, 0) is 30.4 Å². The molecule has 0 fully saturated rings. The minimum atomic E-state index is -0.873. The number of amides is 2. The number of nitrogens with one attached hydrogen (secondary N) is 1. The van der Waals surface area contributed by atoms with E-state index in [-0.39, 0.29) is 5.92 Å². The Labute approximate surface area is 98.9 Å². The number of hydroxylamine groups is 1. The maximum absolute atomic E-state index is 11.8. The van der Waals surface area contributed by atoms with Crippen LogP contribution in [0.15, 0.2) is 24.3 Å². The van der Waals surface area contributed by atoms with E-state index in [0.29, 0.717) is 0 Å². The van der Waals surface area contributed by atoms with Crippen molar-refractivity contribution in [2.24, 2.45) is 5.73 Å². The van der Waals surface area contributed by atoms with Crippen LogP contribution in [0, 0.1) is 0 Å². The van der Waals surface area contributed by atoms with Gasteiger partial charge in [0.1, 0.15) is 0 Å². The summed E-state index contributed by atoms with van der Waals surface area (Å²) in [4.78, 5) is 26.9. The largest absolute Gasteiger partial charge is 0.349 e. The van der Waals surface area contributed by atoms with Crippen LogP contribution in [0.2, 0.25) is 0 Å². The van der Waals surface area contributed by atoms with Crippen molar-refractivity contribution in [1.29, 1.82) is 0 Å². The van der Waals surface area contributed by atoms with Crippen molar-refractivity contribution in [2.75, 3.05) is 0 Å². The minimum Gasteiger partial charge on any atom is -0.349 e. The summed E-state index contributed by atoms with van der Waals surface area (Å²) in [7, 11) is 0. The Morgan fingerprint density at radius 3 is 2.88 bits per heavy atom. The lowest BCUT2D eigenvalue weighted by Gasteiger charge is -2.23.